The van der Waals surface area contributed by atoms with Crippen molar-refractivity contribution in [2.45, 2.75) is 13.0 Å². The van der Waals surface area contributed by atoms with Crippen LogP contribution in [0, 0.1) is 18.8 Å². The van der Waals surface area contributed by atoms with Crippen LogP contribution in [0.15, 0.2) is 36.5 Å². The number of likely N-dealkylation sites (tertiary alicyclic amines) is 1. The van der Waals surface area contributed by atoms with Gasteiger partial charge in [0.15, 0.2) is 0 Å². The summed E-state index contributed by atoms with van der Waals surface area (Å²) in [4.78, 5) is 17.0. The first-order valence-electron chi connectivity index (χ1n) is 7.73. The van der Waals surface area contributed by atoms with Gasteiger partial charge in [0, 0.05) is 18.7 Å². The Hall–Kier alpha value is -2.84. The second-order valence-electron chi connectivity index (χ2n) is 5.77. The van der Waals surface area contributed by atoms with Gasteiger partial charge in [-0.1, -0.05) is 5.92 Å². The lowest BCUT2D eigenvalue weighted by atomic mass is 10.1. The molecule has 1 aromatic carbocycles. The van der Waals surface area contributed by atoms with Crippen molar-refractivity contribution in [2.24, 2.45) is 0 Å². The molecule has 1 aromatic heterocycles. The summed E-state index contributed by atoms with van der Waals surface area (Å²) in [5.41, 5.74) is 2.26. The molecule has 5 nitrogen and oxygen atoms in total. The third-order valence-corrected chi connectivity index (χ3v) is 3.86. The van der Waals surface area contributed by atoms with Crippen LogP contribution in [0.2, 0.25) is 0 Å². The summed E-state index contributed by atoms with van der Waals surface area (Å²) in [7, 11) is 0. The second kappa shape index (κ2) is 7.16. The van der Waals surface area contributed by atoms with E-state index in [1.54, 1.807) is 18.2 Å². The summed E-state index contributed by atoms with van der Waals surface area (Å²) in [6, 6.07) is 8.76. The molecule has 1 fully saturated rings. The van der Waals surface area contributed by atoms with Gasteiger partial charge >= 0.3 is 0 Å². The zero-order chi connectivity index (χ0) is 16.9. The van der Waals surface area contributed by atoms with Gasteiger partial charge in [0.1, 0.15) is 29.6 Å². The van der Waals surface area contributed by atoms with E-state index < -0.39 is 0 Å². The standard InChI is InChI=1S/C19H18N2O3/c1-14-9-18(7-4-15(14)13-22)24-19-11-21(12-19)8-2-3-16-5-6-17(23)10-20-16/h4-7,9-10,13,19,23H,8,11-12H2,1H3. The summed E-state index contributed by atoms with van der Waals surface area (Å²) < 4.78 is 5.89. The summed E-state index contributed by atoms with van der Waals surface area (Å²) in [5, 5.41) is 9.16. The molecule has 1 N–H and O–H groups in total. The molecular weight excluding hydrogens is 304 g/mol. The maximum absolute atomic E-state index is 10.8. The Morgan fingerprint density at radius 1 is 1.38 bits per heavy atom. The predicted octanol–water partition coefficient (Wildman–Crippen LogP) is 2.02. The van der Waals surface area contributed by atoms with E-state index in [4.69, 9.17) is 9.84 Å². The number of hydrogen-bond acceptors (Lipinski definition) is 5. The van der Waals surface area contributed by atoms with E-state index in [0.717, 1.165) is 30.7 Å². The molecule has 0 unspecified atom stereocenters. The van der Waals surface area contributed by atoms with Crippen molar-refractivity contribution < 1.29 is 14.6 Å². The van der Waals surface area contributed by atoms with Crippen LogP contribution < -0.4 is 4.74 Å². The van der Waals surface area contributed by atoms with Crippen molar-refractivity contribution in [3.05, 3.63) is 53.3 Å². The first-order valence-corrected chi connectivity index (χ1v) is 7.73. The third kappa shape index (κ3) is 3.92. The monoisotopic (exact) mass is 322 g/mol. The Labute approximate surface area is 140 Å². The number of carbonyl (C=O) groups is 1. The van der Waals surface area contributed by atoms with Crippen LogP contribution in [0.1, 0.15) is 21.6 Å². The zero-order valence-electron chi connectivity index (χ0n) is 13.4. The van der Waals surface area contributed by atoms with Gasteiger partial charge in [0.25, 0.3) is 0 Å². The smallest absolute Gasteiger partial charge is 0.150 e. The molecular formula is C19H18N2O3. The molecule has 1 aliphatic rings. The molecule has 5 heteroatoms. The number of aldehydes is 1. The van der Waals surface area contributed by atoms with Crippen molar-refractivity contribution in [1.82, 2.24) is 9.88 Å². The highest BCUT2D eigenvalue weighted by Crippen LogP contribution is 2.20. The van der Waals surface area contributed by atoms with Crippen LogP contribution in [-0.4, -0.2) is 47.0 Å². The molecule has 3 rings (SSSR count). The number of aromatic hydroxyl groups is 1. The van der Waals surface area contributed by atoms with E-state index in [0.29, 0.717) is 17.8 Å². The number of rotatable bonds is 4. The summed E-state index contributed by atoms with van der Waals surface area (Å²) in [5.74, 6) is 6.97. The largest absolute Gasteiger partial charge is 0.506 e. The van der Waals surface area contributed by atoms with Gasteiger partial charge in [0.05, 0.1) is 12.7 Å². The fourth-order valence-corrected chi connectivity index (χ4v) is 2.47. The maximum atomic E-state index is 10.8. The summed E-state index contributed by atoms with van der Waals surface area (Å²) in [6.45, 7) is 4.21. The van der Waals surface area contributed by atoms with E-state index >= 15 is 0 Å². The Morgan fingerprint density at radius 3 is 2.88 bits per heavy atom. The average Bonchev–Trinajstić information content (AvgIpc) is 2.54. The molecule has 2 heterocycles. The lowest BCUT2D eigenvalue weighted by Crippen LogP contribution is -2.53. The first-order chi connectivity index (χ1) is 11.6. The Balaban J connectivity index is 1.45. The van der Waals surface area contributed by atoms with E-state index in [1.807, 2.05) is 19.1 Å². The van der Waals surface area contributed by atoms with Gasteiger partial charge < -0.3 is 9.84 Å². The molecule has 2 aromatic rings. The molecule has 1 saturated heterocycles. The highest BCUT2D eigenvalue weighted by Gasteiger charge is 2.27. The SMILES string of the molecule is Cc1cc(OC2CN(CC#Cc3ccc(O)cn3)C2)ccc1C=O. The molecule has 24 heavy (non-hydrogen) atoms. The van der Waals surface area contributed by atoms with Gasteiger partial charge in [-0.15, -0.1) is 0 Å². The summed E-state index contributed by atoms with van der Waals surface area (Å²) in [6.07, 6.45) is 2.39. The molecule has 0 saturated carbocycles. The number of benzene rings is 1. The predicted molar refractivity (Wildman–Crippen MR) is 90.2 cm³/mol. The summed E-state index contributed by atoms with van der Waals surface area (Å²) >= 11 is 0. The van der Waals surface area contributed by atoms with Crippen molar-refractivity contribution in [3.63, 3.8) is 0 Å². The Morgan fingerprint density at radius 2 is 2.21 bits per heavy atom. The molecule has 122 valence electrons. The van der Waals surface area contributed by atoms with Crippen LogP contribution in [0.3, 0.4) is 0 Å². The van der Waals surface area contributed by atoms with E-state index in [-0.39, 0.29) is 11.9 Å². The van der Waals surface area contributed by atoms with Crippen LogP contribution in [0.4, 0.5) is 0 Å². The number of pyridine rings is 1. The first kappa shape index (κ1) is 16.0. The van der Waals surface area contributed by atoms with Crippen LogP contribution in [0.5, 0.6) is 11.5 Å². The van der Waals surface area contributed by atoms with Crippen molar-refractivity contribution in [2.75, 3.05) is 19.6 Å². The molecule has 0 radical (unpaired) electrons. The van der Waals surface area contributed by atoms with Gasteiger partial charge in [-0.25, -0.2) is 4.98 Å². The van der Waals surface area contributed by atoms with Crippen molar-refractivity contribution in [3.8, 4) is 23.3 Å². The van der Waals surface area contributed by atoms with Crippen LogP contribution >= 0.6 is 0 Å². The van der Waals surface area contributed by atoms with Crippen molar-refractivity contribution >= 4 is 6.29 Å². The number of ether oxygens (including phenoxy) is 1. The lowest BCUT2D eigenvalue weighted by Gasteiger charge is -2.37. The van der Waals surface area contributed by atoms with Gasteiger partial charge in [-0.05, 0) is 48.7 Å². The number of carbonyl (C=O) groups excluding carboxylic acids is 1. The number of nitrogens with zero attached hydrogens (tertiary/aromatic N) is 2. The molecule has 0 aliphatic carbocycles. The highest BCUT2D eigenvalue weighted by atomic mass is 16.5. The minimum absolute atomic E-state index is 0.139. The Kier molecular flexibility index (Phi) is 4.78. The molecule has 0 spiro atoms. The topological polar surface area (TPSA) is 62.7 Å². The average molecular weight is 322 g/mol. The molecule has 1 aliphatic heterocycles. The third-order valence-electron chi connectivity index (χ3n) is 3.86. The van der Waals surface area contributed by atoms with Crippen LogP contribution in [0.25, 0.3) is 0 Å². The fraction of sp³-hybridized carbons (Fsp3) is 0.263. The van der Waals surface area contributed by atoms with Crippen LogP contribution in [-0.2, 0) is 0 Å². The molecule has 0 amide bonds. The number of hydrogen-bond donors (Lipinski definition) is 1. The van der Waals surface area contributed by atoms with E-state index in [2.05, 4.69) is 21.7 Å². The quantitative estimate of drug-likeness (QED) is 0.689. The Bertz CT molecular complexity index is 784. The highest BCUT2D eigenvalue weighted by molar-refractivity contribution is 5.77. The zero-order valence-corrected chi connectivity index (χ0v) is 13.4. The van der Waals surface area contributed by atoms with Gasteiger partial charge in [0.2, 0.25) is 0 Å². The number of aromatic nitrogens is 1. The normalized spacial score (nSPS) is 14.4. The van der Waals surface area contributed by atoms with E-state index in [1.165, 1.54) is 6.20 Å². The van der Waals surface area contributed by atoms with Crippen molar-refractivity contribution in [1.29, 1.82) is 0 Å². The van der Waals surface area contributed by atoms with E-state index in [9.17, 15) is 4.79 Å². The minimum atomic E-state index is 0.139. The number of aryl methyl sites for hydroxylation is 1. The van der Waals surface area contributed by atoms with Gasteiger partial charge in [-0.2, -0.15) is 0 Å². The molecule has 0 bridgehead atoms. The second-order valence-corrected chi connectivity index (χ2v) is 5.77. The maximum Gasteiger partial charge on any atom is 0.150 e. The lowest BCUT2D eigenvalue weighted by molar-refractivity contribution is 0.0296. The molecule has 0 atom stereocenters. The minimum Gasteiger partial charge on any atom is -0.506 e. The fourth-order valence-electron chi connectivity index (χ4n) is 2.47. The van der Waals surface area contributed by atoms with Gasteiger partial charge in [-0.3, -0.25) is 9.69 Å².